The van der Waals surface area contributed by atoms with Crippen molar-refractivity contribution >= 4 is 17.7 Å². The number of hydrogen-bond donors (Lipinski definition) is 1. The minimum absolute atomic E-state index is 0.364. The summed E-state index contributed by atoms with van der Waals surface area (Å²) in [5.74, 6) is 2.08. The summed E-state index contributed by atoms with van der Waals surface area (Å²) in [6.45, 7) is 6.17. The number of carbonyl (C=O) groups excluding carboxylic acids is 1. The Morgan fingerprint density at radius 1 is 1.57 bits per heavy atom. The van der Waals surface area contributed by atoms with E-state index in [1.54, 1.807) is 0 Å². The van der Waals surface area contributed by atoms with Gasteiger partial charge in [-0.2, -0.15) is 11.8 Å². The summed E-state index contributed by atoms with van der Waals surface area (Å²) in [7, 11) is 0. The summed E-state index contributed by atoms with van der Waals surface area (Å²) in [5, 5.41) is 3.82. The highest BCUT2D eigenvalue weighted by Gasteiger charge is 2.26. The van der Waals surface area contributed by atoms with Gasteiger partial charge in [0.15, 0.2) is 0 Å². The number of hydrogen-bond acceptors (Lipinski definition) is 3. The Hall–Kier alpha value is -0.220. The molecule has 0 aromatic rings. The van der Waals surface area contributed by atoms with E-state index in [9.17, 15) is 4.79 Å². The molecule has 4 heteroatoms. The smallest absolute Gasteiger partial charge is 0.223 e. The van der Waals surface area contributed by atoms with Gasteiger partial charge in [-0.3, -0.25) is 4.79 Å². The largest absolute Gasteiger partial charge is 0.341 e. The quantitative estimate of drug-likeness (QED) is 0.729. The molecule has 2 aliphatic heterocycles. The second-order valence-corrected chi connectivity index (χ2v) is 5.80. The molecule has 0 bridgehead atoms. The van der Waals surface area contributed by atoms with E-state index in [0.717, 1.165) is 38.4 Å². The van der Waals surface area contributed by atoms with Crippen LogP contribution in [0.25, 0.3) is 0 Å². The van der Waals surface area contributed by atoms with Crippen LogP contribution in [0.4, 0.5) is 0 Å². The summed E-state index contributed by atoms with van der Waals surface area (Å²) >= 11 is 1.97. The Kier molecular flexibility index (Phi) is 3.34. The summed E-state index contributed by atoms with van der Waals surface area (Å²) in [6.07, 6.45) is 0.754. The van der Waals surface area contributed by atoms with Crippen LogP contribution in [0.15, 0.2) is 0 Å². The van der Waals surface area contributed by atoms with Crippen LogP contribution in [0.5, 0.6) is 0 Å². The van der Waals surface area contributed by atoms with Crippen LogP contribution in [0.1, 0.15) is 13.3 Å². The van der Waals surface area contributed by atoms with Crippen LogP contribution < -0.4 is 5.32 Å². The normalized spacial score (nSPS) is 28.6. The second kappa shape index (κ2) is 4.53. The zero-order valence-corrected chi connectivity index (χ0v) is 9.48. The lowest BCUT2D eigenvalue weighted by Gasteiger charge is -2.33. The summed E-state index contributed by atoms with van der Waals surface area (Å²) in [5.41, 5.74) is 0. The van der Waals surface area contributed by atoms with Crippen molar-refractivity contribution in [3.63, 3.8) is 0 Å². The monoisotopic (exact) mass is 214 g/mol. The molecule has 1 N–H and O–H groups in total. The van der Waals surface area contributed by atoms with Gasteiger partial charge < -0.3 is 10.2 Å². The molecule has 2 fully saturated rings. The van der Waals surface area contributed by atoms with E-state index in [4.69, 9.17) is 0 Å². The second-order valence-electron chi connectivity index (χ2n) is 4.25. The molecule has 1 atom stereocenters. The lowest BCUT2D eigenvalue weighted by atomic mass is 9.98. The first-order chi connectivity index (χ1) is 6.75. The number of thioether (sulfide) groups is 1. The zero-order chi connectivity index (χ0) is 9.97. The average Bonchev–Trinajstić information content (AvgIpc) is 2.11. The van der Waals surface area contributed by atoms with Crippen LogP contribution in [0.2, 0.25) is 0 Å². The van der Waals surface area contributed by atoms with Crippen LogP contribution in [0.3, 0.4) is 0 Å². The molecule has 1 amide bonds. The third kappa shape index (κ3) is 2.42. The third-order valence-corrected chi connectivity index (χ3v) is 4.06. The SMILES string of the molecule is CC1CN(C(=O)CC2CNC2)CCS1. The molecule has 3 nitrogen and oxygen atoms in total. The number of rotatable bonds is 2. The van der Waals surface area contributed by atoms with Crippen molar-refractivity contribution in [1.29, 1.82) is 0 Å². The van der Waals surface area contributed by atoms with Crippen molar-refractivity contribution < 1.29 is 4.79 Å². The lowest BCUT2D eigenvalue weighted by Crippen LogP contribution is -2.47. The Labute approximate surface area is 89.6 Å². The zero-order valence-electron chi connectivity index (χ0n) is 8.66. The van der Waals surface area contributed by atoms with Gasteiger partial charge in [0.25, 0.3) is 0 Å². The summed E-state index contributed by atoms with van der Waals surface area (Å²) in [4.78, 5) is 13.9. The minimum Gasteiger partial charge on any atom is -0.341 e. The van der Waals surface area contributed by atoms with E-state index >= 15 is 0 Å². The first-order valence-electron chi connectivity index (χ1n) is 5.36. The number of nitrogens with one attached hydrogen (secondary N) is 1. The first kappa shape index (κ1) is 10.3. The third-order valence-electron chi connectivity index (χ3n) is 2.92. The van der Waals surface area contributed by atoms with Crippen molar-refractivity contribution in [1.82, 2.24) is 10.2 Å². The standard InChI is InChI=1S/C10H18N2OS/c1-8-7-12(2-3-14-8)10(13)4-9-5-11-6-9/h8-9,11H,2-7H2,1H3. The van der Waals surface area contributed by atoms with Crippen LogP contribution in [0, 0.1) is 5.92 Å². The van der Waals surface area contributed by atoms with Crippen molar-refractivity contribution in [3.05, 3.63) is 0 Å². The average molecular weight is 214 g/mol. The highest BCUT2D eigenvalue weighted by molar-refractivity contribution is 7.99. The topological polar surface area (TPSA) is 32.3 Å². The number of amides is 1. The Morgan fingerprint density at radius 3 is 2.93 bits per heavy atom. The molecule has 0 radical (unpaired) electrons. The van der Waals surface area contributed by atoms with Crippen LogP contribution in [-0.4, -0.2) is 48.0 Å². The molecule has 2 saturated heterocycles. The molecule has 0 spiro atoms. The Balaban J connectivity index is 1.77. The van der Waals surface area contributed by atoms with E-state index < -0.39 is 0 Å². The van der Waals surface area contributed by atoms with Gasteiger partial charge >= 0.3 is 0 Å². The van der Waals surface area contributed by atoms with Crippen molar-refractivity contribution in [2.24, 2.45) is 5.92 Å². The predicted octanol–water partition coefficient (Wildman–Crippen LogP) is 0.560. The van der Waals surface area contributed by atoms with Gasteiger partial charge in [0.1, 0.15) is 0 Å². The lowest BCUT2D eigenvalue weighted by molar-refractivity contribution is -0.132. The molecule has 2 rings (SSSR count). The molecular weight excluding hydrogens is 196 g/mol. The van der Waals surface area contributed by atoms with Crippen molar-refractivity contribution in [2.75, 3.05) is 31.9 Å². The molecule has 1 unspecified atom stereocenters. The molecule has 0 aromatic heterocycles. The Morgan fingerprint density at radius 2 is 2.36 bits per heavy atom. The molecule has 0 aromatic carbocycles. The molecular formula is C10H18N2OS. The fourth-order valence-corrected chi connectivity index (χ4v) is 2.93. The number of nitrogens with zero attached hydrogens (tertiary/aromatic N) is 1. The summed E-state index contributed by atoms with van der Waals surface area (Å²) < 4.78 is 0. The first-order valence-corrected chi connectivity index (χ1v) is 6.40. The fourth-order valence-electron chi connectivity index (χ4n) is 1.91. The van der Waals surface area contributed by atoms with Crippen LogP contribution >= 0.6 is 11.8 Å². The predicted molar refractivity (Wildman–Crippen MR) is 59.5 cm³/mol. The minimum atomic E-state index is 0.364. The van der Waals surface area contributed by atoms with E-state index in [1.807, 2.05) is 16.7 Å². The maximum Gasteiger partial charge on any atom is 0.223 e. The van der Waals surface area contributed by atoms with Gasteiger partial charge in [-0.25, -0.2) is 0 Å². The molecule has 2 aliphatic rings. The number of carbonyl (C=O) groups is 1. The van der Waals surface area contributed by atoms with Gasteiger partial charge in [-0.05, 0) is 19.0 Å². The van der Waals surface area contributed by atoms with Gasteiger partial charge in [0.2, 0.25) is 5.91 Å². The highest BCUT2D eigenvalue weighted by atomic mass is 32.2. The maximum absolute atomic E-state index is 11.8. The van der Waals surface area contributed by atoms with E-state index in [1.165, 1.54) is 0 Å². The molecule has 0 saturated carbocycles. The van der Waals surface area contributed by atoms with Gasteiger partial charge in [-0.15, -0.1) is 0 Å². The van der Waals surface area contributed by atoms with Gasteiger partial charge in [0, 0.05) is 30.5 Å². The van der Waals surface area contributed by atoms with Crippen LogP contribution in [-0.2, 0) is 4.79 Å². The molecule has 0 aliphatic carbocycles. The van der Waals surface area contributed by atoms with E-state index in [2.05, 4.69) is 12.2 Å². The van der Waals surface area contributed by atoms with E-state index in [0.29, 0.717) is 17.1 Å². The molecule has 80 valence electrons. The van der Waals surface area contributed by atoms with E-state index in [-0.39, 0.29) is 0 Å². The Bertz CT molecular complexity index is 218. The molecule has 2 heterocycles. The van der Waals surface area contributed by atoms with Gasteiger partial charge in [-0.1, -0.05) is 6.92 Å². The van der Waals surface area contributed by atoms with Gasteiger partial charge in [0.05, 0.1) is 0 Å². The maximum atomic E-state index is 11.8. The highest BCUT2D eigenvalue weighted by Crippen LogP contribution is 2.19. The molecule has 14 heavy (non-hydrogen) atoms. The fraction of sp³-hybridized carbons (Fsp3) is 0.900. The van der Waals surface area contributed by atoms with Crippen molar-refractivity contribution in [2.45, 2.75) is 18.6 Å². The summed E-state index contributed by atoms with van der Waals surface area (Å²) in [6, 6.07) is 0. The van der Waals surface area contributed by atoms with Crippen molar-refractivity contribution in [3.8, 4) is 0 Å².